The number of imidazole rings is 1. The van der Waals surface area contributed by atoms with E-state index in [4.69, 9.17) is 4.74 Å². The van der Waals surface area contributed by atoms with E-state index in [9.17, 15) is 4.79 Å². The Bertz CT molecular complexity index is 903. The minimum absolute atomic E-state index is 0.0257. The molecule has 0 saturated carbocycles. The van der Waals surface area contributed by atoms with Crippen molar-refractivity contribution in [1.29, 1.82) is 0 Å². The van der Waals surface area contributed by atoms with Crippen molar-refractivity contribution in [2.75, 3.05) is 12.4 Å². The number of aromatic nitrogens is 2. The van der Waals surface area contributed by atoms with Crippen LogP contribution in [0, 0.1) is 5.92 Å². The maximum atomic E-state index is 12.8. The fraction of sp³-hybridized carbons (Fsp3) is 0.300. The number of para-hydroxylation sites is 2. The van der Waals surface area contributed by atoms with E-state index in [0.717, 1.165) is 27.6 Å². The minimum Gasteiger partial charge on any atom is -0.497 e. The van der Waals surface area contributed by atoms with E-state index >= 15 is 0 Å². The van der Waals surface area contributed by atoms with Gasteiger partial charge in [-0.1, -0.05) is 37.7 Å². The van der Waals surface area contributed by atoms with Crippen LogP contribution in [0.1, 0.15) is 13.8 Å². The van der Waals surface area contributed by atoms with Gasteiger partial charge in [0, 0.05) is 12.7 Å². The van der Waals surface area contributed by atoms with Crippen LogP contribution in [0.4, 0.5) is 5.69 Å². The molecule has 3 aromatic rings. The molecule has 136 valence electrons. The summed E-state index contributed by atoms with van der Waals surface area (Å²) in [6.07, 6.45) is 0. The van der Waals surface area contributed by atoms with E-state index < -0.39 is 0 Å². The molecule has 0 saturated heterocycles. The minimum atomic E-state index is -0.243. The molecular weight excluding hydrogens is 346 g/mol. The van der Waals surface area contributed by atoms with Gasteiger partial charge in [-0.25, -0.2) is 4.98 Å². The van der Waals surface area contributed by atoms with Crippen LogP contribution in [0.3, 0.4) is 0 Å². The maximum Gasteiger partial charge on any atom is 0.238 e. The Morgan fingerprint density at radius 3 is 2.46 bits per heavy atom. The SMILES string of the molecule is COc1ccc(NC(=O)C(Sc2nc3ccccc3n2C)C(C)C)cc1. The number of methoxy groups -OCH3 is 1. The summed E-state index contributed by atoms with van der Waals surface area (Å²) in [7, 11) is 3.60. The van der Waals surface area contributed by atoms with E-state index in [2.05, 4.69) is 10.3 Å². The molecule has 0 fully saturated rings. The summed E-state index contributed by atoms with van der Waals surface area (Å²) in [5, 5.41) is 3.60. The van der Waals surface area contributed by atoms with Crippen molar-refractivity contribution in [2.45, 2.75) is 24.3 Å². The zero-order valence-corrected chi connectivity index (χ0v) is 16.2. The van der Waals surface area contributed by atoms with Crippen molar-refractivity contribution >= 4 is 34.4 Å². The zero-order valence-electron chi connectivity index (χ0n) is 15.4. The number of amides is 1. The average molecular weight is 369 g/mol. The maximum absolute atomic E-state index is 12.8. The van der Waals surface area contributed by atoms with Crippen molar-refractivity contribution in [2.24, 2.45) is 13.0 Å². The molecule has 1 amide bonds. The molecule has 26 heavy (non-hydrogen) atoms. The number of aryl methyl sites for hydroxylation is 1. The second kappa shape index (κ2) is 7.83. The predicted octanol–water partition coefficient (Wildman–Crippen LogP) is 4.34. The molecule has 1 N–H and O–H groups in total. The highest BCUT2D eigenvalue weighted by molar-refractivity contribution is 8.00. The van der Waals surface area contributed by atoms with Crippen LogP contribution in [0.2, 0.25) is 0 Å². The van der Waals surface area contributed by atoms with Crippen LogP contribution >= 0.6 is 11.8 Å². The summed E-state index contributed by atoms with van der Waals surface area (Å²) in [4.78, 5) is 17.5. The topological polar surface area (TPSA) is 56.1 Å². The third-order valence-electron chi connectivity index (χ3n) is 4.20. The third-order valence-corrected chi connectivity index (χ3v) is 5.79. The van der Waals surface area contributed by atoms with Gasteiger partial charge in [0.15, 0.2) is 5.16 Å². The highest BCUT2D eigenvalue weighted by Gasteiger charge is 2.26. The molecule has 0 spiro atoms. The predicted molar refractivity (Wildman–Crippen MR) is 107 cm³/mol. The molecule has 0 aliphatic carbocycles. The molecule has 1 atom stereocenters. The Morgan fingerprint density at radius 2 is 1.85 bits per heavy atom. The van der Waals surface area contributed by atoms with Gasteiger partial charge in [0.25, 0.3) is 0 Å². The summed E-state index contributed by atoms with van der Waals surface area (Å²) >= 11 is 1.50. The van der Waals surface area contributed by atoms with Crippen molar-refractivity contribution in [3.05, 3.63) is 48.5 Å². The summed E-state index contributed by atoms with van der Waals surface area (Å²) in [6, 6.07) is 15.3. The molecule has 0 bridgehead atoms. The van der Waals surface area contributed by atoms with Gasteiger partial charge in [-0.3, -0.25) is 4.79 Å². The molecular formula is C20H23N3O2S. The normalized spacial score (nSPS) is 12.3. The number of anilines is 1. The van der Waals surface area contributed by atoms with E-state index in [1.165, 1.54) is 11.8 Å². The fourth-order valence-corrected chi connectivity index (χ4v) is 3.80. The second-order valence-corrected chi connectivity index (χ2v) is 7.55. The first-order valence-electron chi connectivity index (χ1n) is 8.52. The fourth-order valence-electron chi connectivity index (χ4n) is 2.72. The van der Waals surface area contributed by atoms with Gasteiger partial charge < -0.3 is 14.6 Å². The Hall–Kier alpha value is -2.47. The number of ether oxygens (including phenoxy) is 1. The van der Waals surface area contributed by atoms with E-state index in [1.54, 1.807) is 7.11 Å². The van der Waals surface area contributed by atoms with Crippen LogP contribution in [0.25, 0.3) is 11.0 Å². The van der Waals surface area contributed by atoms with Crippen molar-refractivity contribution in [3.8, 4) is 5.75 Å². The van der Waals surface area contributed by atoms with Gasteiger partial charge >= 0.3 is 0 Å². The largest absolute Gasteiger partial charge is 0.497 e. The molecule has 0 aliphatic rings. The van der Waals surface area contributed by atoms with Crippen molar-refractivity contribution in [1.82, 2.24) is 9.55 Å². The lowest BCUT2D eigenvalue weighted by Crippen LogP contribution is -2.29. The summed E-state index contributed by atoms with van der Waals surface area (Å²) in [6.45, 7) is 4.10. The second-order valence-electron chi connectivity index (χ2n) is 6.44. The number of carbonyl (C=O) groups excluding carboxylic acids is 1. The van der Waals surface area contributed by atoms with Crippen molar-refractivity contribution in [3.63, 3.8) is 0 Å². The van der Waals surface area contributed by atoms with Crippen LogP contribution in [0.15, 0.2) is 53.7 Å². The highest BCUT2D eigenvalue weighted by atomic mass is 32.2. The Labute approximate surface area is 157 Å². The van der Waals surface area contributed by atoms with Crippen LogP contribution in [-0.4, -0.2) is 27.8 Å². The number of carbonyl (C=O) groups is 1. The first kappa shape index (κ1) is 18.3. The molecule has 1 aromatic heterocycles. The summed E-state index contributed by atoms with van der Waals surface area (Å²) in [5.41, 5.74) is 2.76. The lowest BCUT2D eigenvalue weighted by atomic mass is 10.1. The van der Waals surface area contributed by atoms with Crippen LogP contribution < -0.4 is 10.1 Å². The van der Waals surface area contributed by atoms with E-state index in [1.807, 2.05) is 74.0 Å². The lowest BCUT2D eigenvalue weighted by Gasteiger charge is -2.19. The molecule has 2 aromatic carbocycles. The van der Waals surface area contributed by atoms with Gasteiger partial charge in [-0.15, -0.1) is 0 Å². The van der Waals surface area contributed by atoms with Gasteiger partial charge in [0.2, 0.25) is 5.91 Å². The van der Waals surface area contributed by atoms with Crippen LogP contribution in [-0.2, 0) is 11.8 Å². The Morgan fingerprint density at radius 1 is 1.15 bits per heavy atom. The van der Waals surface area contributed by atoms with E-state index in [0.29, 0.717) is 0 Å². The summed E-state index contributed by atoms with van der Waals surface area (Å²) in [5.74, 6) is 0.901. The first-order valence-corrected chi connectivity index (χ1v) is 9.40. The van der Waals surface area contributed by atoms with Gasteiger partial charge in [0.05, 0.1) is 23.4 Å². The monoisotopic (exact) mass is 369 g/mol. The molecule has 3 rings (SSSR count). The lowest BCUT2D eigenvalue weighted by molar-refractivity contribution is -0.116. The third kappa shape index (κ3) is 3.85. The molecule has 6 heteroatoms. The Balaban J connectivity index is 1.79. The number of nitrogens with zero attached hydrogens (tertiary/aromatic N) is 2. The average Bonchev–Trinajstić information content (AvgIpc) is 2.96. The number of hydrogen-bond donors (Lipinski definition) is 1. The Kier molecular flexibility index (Phi) is 5.52. The zero-order chi connectivity index (χ0) is 18.7. The van der Waals surface area contributed by atoms with Crippen LogP contribution in [0.5, 0.6) is 5.75 Å². The number of hydrogen-bond acceptors (Lipinski definition) is 4. The quantitative estimate of drug-likeness (QED) is 0.657. The standard InChI is InChI=1S/C20H23N3O2S/c1-13(2)18(19(24)21-14-9-11-15(25-4)12-10-14)26-20-22-16-7-5-6-8-17(16)23(20)3/h5-13,18H,1-4H3,(H,21,24). The smallest absolute Gasteiger partial charge is 0.238 e. The number of benzene rings is 2. The molecule has 1 heterocycles. The molecule has 5 nitrogen and oxygen atoms in total. The number of nitrogens with one attached hydrogen (secondary N) is 1. The van der Waals surface area contributed by atoms with E-state index in [-0.39, 0.29) is 17.1 Å². The number of thioether (sulfide) groups is 1. The highest BCUT2D eigenvalue weighted by Crippen LogP contribution is 2.31. The first-order chi connectivity index (χ1) is 12.5. The van der Waals surface area contributed by atoms with Gasteiger partial charge in [-0.05, 0) is 42.3 Å². The number of fused-ring (bicyclic) bond motifs is 1. The van der Waals surface area contributed by atoms with Crippen molar-refractivity contribution < 1.29 is 9.53 Å². The number of rotatable bonds is 6. The molecule has 0 aliphatic heterocycles. The van der Waals surface area contributed by atoms with Gasteiger partial charge in [0.1, 0.15) is 5.75 Å². The van der Waals surface area contributed by atoms with Gasteiger partial charge in [-0.2, -0.15) is 0 Å². The molecule has 1 unspecified atom stereocenters. The molecule has 0 radical (unpaired) electrons. The summed E-state index contributed by atoms with van der Waals surface area (Å²) < 4.78 is 7.19.